The predicted octanol–water partition coefficient (Wildman–Crippen LogP) is 3.65. The molecule has 2 aliphatic rings. The van der Waals surface area contributed by atoms with Crippen molar-refractivity contribution in [2.24, 2.45) is 10.4 Å². The number of rotatable bonds is 9. The second kappa shape index (κ2) is 10.6. The molecule has 1 heterocycles. The van der Waals surface area contributed by atoms with E-state index in [9.17, 15) is 4.79 Å². The zero-order valence-electron chi connectivity index (χ0n) is 17.9. The fourth-order valence-electron chi connectivity index (χ4n) is 4.54. The Bertz CT molecular complexity index is 698. The molecule has 3 N–H and O–H groups in total. The Hall–Kier alpha value is -2.08. The number of benzene rings is 1. The van der Waals surface area contributed by atoms with Gasteiger partial charge in [0.15, 0.2) is 5.96 Å². The first kappa shape index (κ1) is 21.6. The maximum absolute atomic E-state index is 12.1. The first-order valence-electron chi connectivity index (χ1n) is 11.1. The number of aliphatic imine (C=N–C) groups is 1. The van der Waals surface area contributed by atoms with Gasteiger partial charge in [0, 0.05) is 50.9 Å². The minimum atomic E-state index is 0.0817. The number of carbonyl (C=O) groups excluding carboxylic acids is 1. The molecular weight excluding hydrogens is 364 g/mol. The van der Waals surface area contributed by atoms with E-state index in [0.29, 0.717) is 13.0 Å². The first-order valence-corrected chi connectivity index (χ1v) is 11.1. The van der Waals surface area contributed by atoms with Crippen LogP contribution in [0.4, 0.5) is 5.69 Å². The van der Waals surface area contributed by atoms with Crippen LogP contribution in [0.15, 0.2) is 29.3 Å². The van der Waals surface area contributed by atoms with Gasteiger partial charge in [-0.15, -0.1) is 0 Å². The van der Waals surface area contributed by atoms with Crippen molar-refractivity contribution in [2.75, 3.05) is 38.2 Å². The summed E-state index contributed by atoms with van der Waals surface area (Å²) in [5.74, 6) is 1.08. The van der Waals surface area contributed by atoms with Crippen LogP contribution in [0.2, 0.25) is 0 Å². The summed E-state index contributed by atoms with van der Waals surface area (Å²) in [5, 5.41) is 9.83. The third kappa shape index (κ3) is 5.95. The SMILES string of the molecule is CCNC(=NCC1(CCOCC)CCCC1)NCC1CC(=O)Nc2ccccc21. The van der Waals surface area contributed by atoms with Crippen molar-refractivity contribution in [3.8, 4) is 0 Å². The van der Waals surface area contributed by atoms with Crippen LogP contribution in [-0.2, 0) is 9.53 Å². The zero-order valence-corrected chi connectivity index (χ0v) is 17.9. The zero-order chi connectivity index (χ0) is 20.5. The van der Waals surface area contributed by atoms with Gasteiger partial charge in [0.1, 0.15) is 0 Å². The van der Waals surface area contributed by atoms with Gasteiger partial charge in [-0.1, -0.05) is 31.0 Å². The lowest BCUT2D eigenvalue weighted by molar-refractivity contribution is -0.116. The summed E-state index contributed by atoms with van der Waals surface area (Å²) in [5.41, 5.74) is 2.40. The number of guanidine groups is 1. The molecule has 1 unspecified atom stereocenters. The normalized spacial score (nSPS) is 20.8. The molecular formula is C23H36N4O2. The van der Waals surface area contributed by atoms with Crippen LogP contribution in [0.25, 0.3) is 0 Å². The Morgan fingerprint density at radius 2 is 2.03 bits per heavy atom. The summed E-state index contributed by atoms with van der Waals surface area (Å²) in [7, 11) is 0. The summed E-state index contributed by atoms with van der Waals surface area (Å²) in [6, 6.07) is 8.07. The maximum atomic E-state index is 12.1. The quantitative estimate of drug-likeness (QED) is 0.336. The number of carbonyl (C=O) groups is 1. The van der Waals surface area contributed by atoms with Crippen LogP contribution >= 0.6 is 0 Å². The molecule has 6 heteroatoms. The molecule has 1 aliphatic heterocycles. The van der Waals surface area contributed by atoms with Crippen molar-refractivity contribution in [1.82, 2.24) is 10.6 Å². The third-order valence-electron chi connectivity index (χ3n) is 6.18. The molecule has 1 amide bonds. The molecule has 1 aromatic carbocycles. The van der Waals surface area contributed by atoms with E-state index >= 15 is 0 Å². The van der Waals surface area contributed by atoms with Gasteiger partial charge in [-0.25, -0.2) is 0 Å². The van der Waals surface area contributed by atoms with Gasteiger partial charge >= 0.3 is 0 Å². The van der Waals surface area contributed by atoms with E-state index in [2.05, 4.69) is 35.9 Å². The Kier molecular flexibility index (Phi) is 7.92. The van der Waals surface area contributed by atoms with Gasteiger partial charge in [-0.05, 0) is 50.2 Å². The Morgan fingerprint density at radius 1 is 1.24 bits per heavy atom. The largest absolute Gasteiger partial charge is 0.382 e. The number of hydrogen-bond acceptors (Lipinski definition) is 3. The highest BCUT2D eigenvalue weighted by Gasteiger charge is 2.33. The number of hydrogen-bond donors (Lipinski definition) is 3. The van der Waals surface area contributed by atoms with E-state index in [1.54, 1.807) is 0 Å². The maximum Gasteiger partial charge on any atom is 0.225 e. The molecule has 0 radical (unpaired) electrons. The molecule has 1 atom stereocenters. The van der Waals surface area contributed by atoms with Crippen molar-refractivity contribution < 1.29 is 9.53 Å². The Labute approximate surface area is 174 Å². The molecule has 6 nitrogen and oxygen atoms in total. The van der Waals surface area contributed by atoms with E-state index in [0.717, 1.165) is 44.4 Å². The number of nitrogens with one attached hydrogen (secondary N) is 3. The van der Waals surface area contributed by atoms with Crippen LogP contribution < -0.4 is 16.0 Å². The topological polar surface area (TPSA) is 74.8 Å². The molecule has 1 aliphatic carbocycles. The number of nitrogens with zero attached hydrogens (tertiary/aromatic N) is 1. The molecule has 1 fully saturated rings. The lowest BCUT2D eigenvalue weighted by Gasteiger charge is -2.28. The highest BCUT2D eigenvalue weighted by molar-refractivity contribution is 5.94. The summed E-state index contributed by atoms with van der Waals surface area (Å²) >= 11 is 0. The highest BCUT2D eigenvalue weighted by atomic mass is 16.5. The molecule has 1 saturated carbocycles. The van der Waals surface area contributed by atoms with E-state index < -0.39 is 0 Å². The van der Waals surface area contributed by atoms with Gasteiger partial charge in [0.05, 0.1) is 0 Å². The minimum absolute atomic E-state index is 0.0817. The summed E-state index contributed by atoms with van der Waals surface area (Å²) in [6.45, 7) is 8.08. The van der Waals surface area contributed by atoms with E-state index in [1.807, 2.05) is 18.2 Å². The van der Waals surface area contributed by atoms with Crippen LogP contribution in [0.1, 0.15) is 63.9 Å². The fourth-order valence-corrected chi connectivity index (χ4v) is 4.54. The molecule has 160 valence electrons. The molecule has 0 spiro atoms. The monoisotopic (exact) mass is 400 g/mol. The average molecular weight is 401 g/mol. The average Bonchev–Trinajstić information content (AvgIpc) is 3.19. The third-order valence-corrected chi connectivity index (χ3v) is 6.18. The van der Waals surface area contributed by atoms with Crippen LogP contribution in [0, 0.1) is 5.41 Å². The number of amides is 1. The number of ether oxygens (including phenoxy) is 1. The van der Waals surface area contributed by atoms with Crippen LogP contribution in [-0.4, -0.2) is 44.7 Å². The van der Waals surface area contributed by atoms with E-state index in [1.165, 1.54) is 31.2 Å². The predicted molar refractivity (Wildman–Crippen MR) is 118 cm³/mol. The molecule has 1 aromatic rings. The molecule has 0 aromatic heterocycles. The van der Waals surface area contributed by atoms with Crippen LogP contribution in [0.3, 0.4) is 0 Å². The lowest BCUT2D eigenvalue weighted by atomic mass is 9.83. The standard InChI is InChI=1S/C23H36N4O2/c1-3-24-22(26-17-23(11-7-8-12-23)13-14-29-4-2)25-16-18-15-21(28)27-20-10-6-5-9-19(18)20/h5-6,9-10,18H,3-4,7-8,11-17H2,1-2H3,(H,27,28)(H2,24,25,26). The number of para-hydroxylation sites is 1. The van der Waals surface area contributed by atoms with Crippen molar-refractivity contribution in [3.05, 3.63) is 29.8 Å². The van der Waals surface area contributed by atoms with Gasteiger partial charge in [-0.3, -0.25) is 9.79 Å². The van der Waals surface area contributed by atoms with Gasteiger partial charge in [0.25, 0.3) is 0 Å². The second-order valence-electron chi connectivity index (χ2n) is 8.27. The van der Waals surface area contributed by atoms with Crippen molar-refractivity contribution in [1.29, 1.82) is 0 Å². The summed E-state index contributed by atoms with van der Waals surface area (Å²) in [6.07, 6.45) is 6.64. The van der Waals surface area contributed by atoms with Gasteiger partial charge in [0.2, 0.25) is 5.91 Å². The molecule has 0 saturated heterocycles. The van der Waals surface area contributed by atoms with Crippen molar-refractivity contribution >= 4 is 17.6 Å². The fraction of sp³-hybridized carbons (Fsp3) is 0.652. The molecule has 0 bridgehead atoms. The van der Waals surface area contributed by atoms with Crippen LogP contribution in [0.5, 0.6) is 0 Å². The molecule has 29 heavy (non-hydrogen) atoms. The first-order chi connectivity index (χ1) is 14.2. The van der Waals surface area contributed by atoms with Crippen molar-refractivity contribution in [3.63, 3.8) is 0 Å². The minimum Gasteiger partial charge on any atom is -0.382 e. The second-order valence-corrected chi connectivity index (χ2v) is 8.27. The number of fused-ring (bicyclic) bond motifs is 1. The van der Waals surface area contributed by atoms with Gasteiger partial charge < -0.3 is 20.7 Å². The lowest BCUT2D eigenvalue weighted by Crippen LogP contribution is -2.41. The Balaban J connectivity index is 1.63. The highest BCUT2D eigenvalue weighted by Crippen LogP contribution is 2.41. The molecule has 3 rings (SSSR count). The number of anilines is 1. The summed E-state index contributed by atoms with van der Waals surface area (Å²) < 4.78 is 5.63. The Morgan fingerprint density at radius 3 is 2.79 bits per heavy atom. The smallest absolute Gasteiger partial charge is 0.225 e. The van der Waals surface area contributed by atoms with Gasteiger partial charge in [-0.2, -0.15) is 0 Å². The summed E-state index contributed by atoms with van der Waals surface area (Å²) in [4.78, 5) is 17.0. The van der Waals surface area contributed by atoms with Crippen molar-refractivity contribution in [2.45, 2.75) is 58.3 Å². The van der Waals surface area contributed by atoms with E-state index in [4.69, 9.17) is 9.73 Å². The van der Waals surface area contributed by atoms with E-state index in [-0.39, 0.29) is 17.2 Å².